The van der Waals surface area contributed by atoms with Crippen LogP contribution in [0.2, 0.25) is 0 Å². The Kier molecular flexibility index (Phi) is 9.04. The van der Waals surface area contributed by atoms with Crippen molar-refractivity contribution in [3.8, 4) is 0 Å². The Hall–Kier alpha value is -3.82. The van der Waals surface area contributed by atoms with Gasteiger partial charge in [-0.05, 0) is 43.7 Å². The zero-order chi connectivity index (χ0) is 27.1. The molecule has 1 unspecified atom stereocenters. The molecule has 38 heavy (non-hydrogen) atoms. The number of hydrogen-bond acceptors (Lipinski definition) is 9. The molecular weight excluding hydrogens is 508 g/mol. The van der Waals surface area contributed by atoms with Gasteiger partial charge in [-0.1, -0.05) is 65.7 Å². The van der Waals surface area contributed by atoms with Crippen LogP contribution in [0.15, 0.2) is 78.9 Å². The monoisotopic (exact) mass is 536 g/mol. The lowest BCUT2D eigenvalue weighted by atomic mass is 10.1. The molecule has 8 nitrogen and oxygen atoms in total. The molecule has 1 aliphatic rings. The van der Waals surface area contributed by atoms with Gasteiger partial charge in [0.1, 0.15) is 18.6 Å². The second kappa shape index (κ2) is 12.6. The minimum atomic E-state index is -1.24. The fraction of sp³-hybridized carbons (Fsp3) is 0.276. The number of benzene rings is 3. The molecule has 0 radical (unpaired) electrons. The maximum absolute atomic E-state index is 12.9. The van der Waals surface area contributed by atoms with E-state index >= 15 is 0 Å². The Bertz CT molecular complexity index is 1240. The Morgan fingerprint density at radius 3 is 1.92 bits per heavy atom. The van der Waals surface area contributed by atoms with E-state index in [1.54, 1.807) is 60.7 Å². The number of aliphatic hydroxyl groups excluding tert-OH is 1. The predicted molar refractivity (Wildman–Crippen MR) is 141 cm³/mol. The van der Waals surface area contributed by atoms with Crippen molar-refractivity contribution in [1.82, 2.24) is 0 Å². The van der Waals surface area contributed by atoms with Crippen LogP contribution >= 0.6 is 11.8 Å². The predicted octanol–water partition coefficient (Wildman–Crippen LogP) is 4.84. The van der Waals surface area contributed by atoms with Crippen LogP contribution < -0.4 is 0 Å². The highest BCUT2D eigenvalue weighted by molar-refractivity contribution is 8.00. The number of carbonyl (C=O) groups is 3. The summed E-state index contributed by atoms with van der Waals surface area (Å²) < 4.78 is 21.7. The lowest BCUT2D eigenvalue weighted by Gasteiger charge is -2.24. The van der Waals surface area contributed by atoms with E-state index in [1.807, 2.05) is 32.0 Å². The standard InChI is InChI=1S/C29H28O8S/c1-18-8-12-21(13-9-18)26(30)34-17-23-24(36-27(31)22-14-10-19(2)11-15-22)25(28(32)38-23)37-29(33)35-16-20-6-4-3-5-7-20/h3-15,23-25,28,32H,16-17H2,1-2H3/t23-,24+,25+,28?/m0/s1. The summed E-state index contributed by atoms with van der Waals surface area (Å²) in [4.78, 5) is 37.9. The first kappa shape index (κ1) is 27.2. The third kappa shape index (κ3) is 7.14. The van der Waals surface area contributed by atoms with Crippen molar-refractivity contribution in [3.63, 3.8) is 0 Å². The smallest absolute Gasteiger partial charge is 0.461 e. The summed E-state index contributed by atoms with van der Waals surface area (Å²) in [7, 11) is 0. The topological polar surface area (TPSA) is 108 Å². The number of aliphatic hydroxyl groups is 1. The molecule has 0 saturated carbocycles. The van der Waals surface area contributed by atoms with Crippen molar-refractivity contribution >= 4 is 29.9 Å². The van der Waals surface area contributed by atoms with E-state index in [0.717, 1.165) is 28.5 Å². The molecule has 3 aromatic rings. The minimum Gasteiger partial charge on any atom is -0.461 e. The van der Waals surface area contributed by atoms with E-state index < -0.39 is 41.0 Å². The van der Waals surface area contributed by atoms with Crippen LogP contribution in [0, 0.1) is 13.8 Å². The fourth-order valence-corrected chi connectivity index (χ4v) is 5.02. The zero-order valence-electron chi connectivity index (χ0n) is 20.9. The van der Waals surface area contributed by atoms with Gasteiger partial charge in [0.2, 0.25) is 0 Å². The highest BCUT2D eigenvalue weighted by Crippen LogP contribution is 2.38. The first-order chi connectivity index (χ1) is 18.3. The first-order valence-electron chi connectivity index (χ1n) is 12.0. The highest BCUT2D eigenvalue weighted by atomic mass is 32.2. The second-order valence-electron chi connectivity index (χ2n) is 8.87. The molecule has 1 fully saturated rings. The summed E-state index contributed by atoms with van der Waals surface area (Å²) in [6.07, 6.45) is -3.35. The number of hydrogen-bond donors (Lipinski definition) is 1. The Labute approximate surface area is 224 Å². The molecule has 0 bridgehead atoms. The normalized spacial score (nSPS) is 20.4. The number of aryl methyl sites for hydroxylation is 2. The quantitative estimate of drug-likeness (QED) is 0.319. The minimum absolute atomic E-state index is 0.0267. The van der Waals surface area contributed by atoms with Crippen LogP contribution in [0.25, 0.3) is 0 Å². The average Bonchev–Trinajstić information content (AvgIpc) is 3.20. The van der Waals surface area contributed by atoms with Crippen LogP contribution in [-0.4, -0.2) is 52.7 Å². The first-order valence-corrected chi connectivity index (χ1v) is 13.0. The third-order valence-corrected chi connectivity index (χ3v) is 7.21. The maximum atomic E-state index is 12.9. The summed E-state index contributed by atoms with van der Waals surface area (Å²) in [5.41, 5.74) is 2.15. The number of thioether (sulfide) groups is 1. The summed E-state index contributed by atoms with van der Waals surface area (Å²) in [6.45, 7) is 3.59. The van der Waals surface area contributed by atoms with Crippen molar-refractivity contribution in [2.45, 2.75) is 43.3 Å². The number of rotatable bonds is 8. The molecular formula is C29H28O8S. The van der Waals surface area contributed by atoms with E-state index in [-0.39, 0.29) is 13.2 Å². The Morgan fingerprint density at radius 2 is 1.32 bits per heavy atom. The molecule has 1 saturated heterocycles. The van der Waals surface area contributed by atoms with Crippen LogP contribution in [0.4, 0.5) is 4.79 Å². The SMILES string of the molecule is Cc1ccc(C(=O)OC[C@@H]2SC(O)[C@H](OC(=O)OCc3ccccc3)[C@@H]2OC(=O)c2ccc(C)cc2)cc1. The Balaban J connectivity index is 1.45. The summed E-state index contributed by atoms with van der Waals surface area (Å²) in [5, 5.41) is 10.0. The summed E-state index contributed by atoms with van der Waals surface area (Å²) in [5.74, 6) is -1.22. The van der Waals surface area contributed by atoms with Gasteiger partial charge >= 0.3 is 18.1 Å². The van der Waals surface area contributed by atoms with Crippen LogP contribution in [-0.2, 0) is 25.6 Å². The van der Waals surface area contributed by atoms with Gasteiger partial charge in [0, 0.05) is 0 Å². The molecule has 0 amide bonds. The van der Waals surface area contributed by atoms with Gasteiger partial charge in [0.25, 0.3) is 0 Å². The molecule has 3 aromatic carbocycles. The lowest BCUT2D eigenvalue weighted by molar-refractivity contribution is -0.0675. The molecule has 1 aliphatic heterocycles. The number of carbonyl (C=O) groups excluding carboxylic acids is 3. The van der Waals surface area contributed by atoms with Crippen molar-refractivity contribution < 1.29 is 38.4 Å². The molecule has 0 spiro atoms. The van der Waals surface area contributed by atoms with E-state index in [0.29, 0.717) is 11.1 Å². The van der Waals surface area contributed by atoms with Crippen molar-refractivity contribution in [2.24, 2.45) is 0 Å². The molecule has 0 aliphatic carbocycles. The zero-order valence-corrected chi connectivity index (χ0v) is 21.8. The molecule has 0 aromatic heterocycles. The van der Waals surface area contributed by atoms with E-state index in [9.17, 15) is 19.5 Å². The average molecular weight is 537 g/mol. The van der Waals surface area contributed by atoms with Crippen LogP contribution in [0.1, 0.15) is 37.4 Å². The van der Waals surface area contributed by atoms with E-state index in [1.165, 1.54) is 0 Å². The van der Waals surface area contributed by atoms with Gasteiger partial charge in [-0.25, -0.2) is 14.4 Å². The largest absolute Gasteiger partial charge is 0.509 e. The molecule has 4 atom stereocenters. The highest BCUT2D eigenvalue weighted by Gasteiger charge is 2.49. The van der Waals surface area contributed by atoms with Crippen LogP contribution in [0.5, 0.6) is 0 Å². The lowest BCUT2D eigenvalue weighted by Crippen LogP contribution is -2.42. The molecule has 9 heteroatoms. The van der Waals surface area contributed by atoms with Crippen molar-refractivity contribution in [3.05, 3.63) is 107 Å². The van der Waals surface area contributed by atoms with Gasteiger partial charge in [-0.15, -0.1) is 11.8 Å². The van der Waals surface area contributed by atoms with Crippen molar-refractivity contribution in [2.75, 3.05) is 6.61 Å². The Morgan fingerprint density at radius 1 is 0.737 bits per heavy atom. The summed E-state index contributed by atoms with van der Waals surface area (Å²) >= 11 is 0.986. The number of ether oxygens (including phenoxy) is 4. The van der Waals surface area contributed by atoms with Gasteiger partial charge < -0.3 is 24.1 Å². The second-order valence-corrected chi connectivity index (χ2v) is 10.2. The third-order valence-electron chi connectivity index (χ3n) is 5.91. The van der Waals surface area contributed by atoms with Gasteiger partial charge in [0.15, 0.2) is 12.2 Å². The fourth-order valence-electron chi connectivity index (χ4n) is 3.78. The number of esters is 2. The molecule has 1 heterocycles. The van der Waals surface area contributed by atoms with Gasteiger partial charge in [-0.2, -0.15) is 0 Å². The van der Waals surface area contributed by atoms with Crippen molar-refractivity contribution in [1.29, 1.82) is 0 Å². The van der Waals surface area contributed by atoms with E-state index in [2.05, 4.69) is 0 Å². The maximum Gasteiger partial charge on any atom is 0.509 e. The van der Waals surface area contributed by atoms with Gasteiger partial charge in [0.05, 0.1) is 16.4 Å². The van der Waals surface area contributed by atoms with Gasteiger partial charge in [-0.3, -0.25) is 0 Å². The van der Waals surface area contributed by atoms with E-state index in [4.69, 9.17) is 18.9 Å². The molecule has 1 N–H and O–H groups in total. The summed E-state index contributed by atoms with van der Waals surface area (Å²) in [6, 6.07) is 22.7. The molecule has 198 valence electrons. The van der Waals surface area contributed by atoms with Crippen LogP contribution in [0.3, 0.4) is 0 Å². The molecule has 4 rings (SSSR count).